The zero-order chi connectivity index (χ0) is 6.57. The second-order valence-corrected chi connectivity index (χ2v) is 2.78. The average molecular weight is 115 g/mol. The lowest BCUT2D eigenvalue weighted by atomic mass is 9.98. The van der Waals surface area contributed by atoms with Crippen LogP contribution in [0.1, 0.15) is 20.8 Å². The third-order valence-electron chi connectivity index (χ3n) is 1.66. The number of hydrogen-bond acceptors (Lipinski definition) is 1. The number of nitrogens with one attached hydrogen (secondary N) is 1. The first-order chi connectivity index (χ1) is 3.68. The van der Waals surface area contributed by atoms with E-state index in [0.29, 0.717) is 0 Å². The van der Waals surface area contributed by atoms with Gasteiger partial charge in [-0.25, -0.2) is 0 Å². The normalized spacial score (nSPS) is 14.6. The van der Waals surface area contributed by atoms with Crippen molar-refractivity contribution in [3.05, 3.63) is 0 Å². The summed E-state index contributed by atoms with van der Waals surface area (Å²) >= 11 is 0. The Hall–Kier alpha value is -0.0400. The van der Waals surface area contributed by atoms with Crippen LogP contribution in [0.4, 0.5) is 0 Å². The maximum absolute atomic E-state index is 3.15. The van der Waals surface area contributed by atoms with Gasteiger partial charge in [0.2, 0.25) is 0 Å². The maximum Gasteiger partial charge on any atom is -0.00237 e. The Morgan fingerprint density at radius 1 is 1.25 bits per heavy atom. The molecule has 1 N–H and O–H groups in total. The highest BCUT2D eigenvalue weighted by atomic mass is 14.8. The molecule has 0 aliphatic rings. The summed E-state index contributed by atoms with van der Waals surface area (Å²) in [4.78, 5) is 0. The lowest BCUT2D eigenvalue weighted by Gasteiger charge is -2.13. The molecule has 0 radical (unpaired) electrons. The predicted molar refractivity (Wildman–Crippen MR) is 37.9 cm³/mol. The summed E-state index contributed by atoms with van der Waals surface area (Å²) in [6, 6.07) is 0. The van der Waals surface area contributed by atoms with Gasteiger partial charge >= 0.3 is 0 Å². The Labute approximate surface area is 52.5 Å². The summed E-state index contributed by atoms with van der Waals surface area (Å²) in [5, 5.41) is 3.15. The lowest BCUT2D eigenvalue weighted by molar-refractivity contribution is 0.405. The van der Waals surface area contributed by atoms with Gasteiger partial charge in [-0.05, 0) is 25.4 Å². The Kier molecular flexibility index (Phi) is 3.88. The van der Waals surface area contributed by atoms with E-state index in [0.717, 1.165) is 18.4 Å². The van der Waals surface area contributed by atoms with Gasteiger partial charge in [0, 0.05) is 0 Å². The Morgan fingerprint density at radius 3 is 1.88 bits per heavy atom. The highest BCUT2D eigenvalue weighted by molar-refractivity contribution is 4.57. The standard InChI is InChI=1S/C7H17N/c1-6(2)7(3)5-8-4/h6-8H,5H2,1-4H3/t7-/m0/s1. The molecule has 0 heterocycles. The van der Waals surface area contributed by atoms with Crippen LogP contribution in [0.15, 0.2) is 0 Å². The molecule has 0 bridgehead atoms. The second-order valence-electron chi connectivity index (χ2n) is 2.78. The van der Waals surface area contributed by atoms with Crippen molar-refractivity contribution in [3.8, 4) is 0 Å². The van der Waals surface area contributed by atoms with Crippen LogP contribution in [0.5, 0.6) is 0 Å². The highest BCUT2D eigenvalue weighted by Gasteiger charge is 2.03. The molecule has 0 aromatic heterocycles. The fraction of sp³-hybridized carbons (Fsp3) is 1.00. The summed E-state index contributed by atoms with van der Waals surface area (Å²) in [7, 11) is 2.00. The van der Waals surface area contributed by atoms with Crippen LogP contribution in [0.2, 0.25) is 0 Å². The maximum atomic E-state index is 3.15. The minimum absolute atomic E-state index is 0.806. The number of hydrogen-bond donors (Lipinski definition) is 1. The van der Waals surface area contributed by atoms with Gasteiger partial charge in [-0.1, -0.05) is 20.8 Å². The molecular formula is C7H17N. The summed E-state index contributed by atoms with van der Waals surface area (Å²) in [5.41, 5.74) is 0. The molecule has 0 amide bonds. The third kappa shape index (κ3) is 3.03. The van der Waals surface area contributed by atoms with Crippen LogP contribution in [0.3, 0.4) is 0 Å². The summed E-state index contributed by atoms with van der Waals surface area (Å²) in [5.74, 6) is 1.61. The van der Waals surface area contributed by atoms with Gasteiger partial charge in [-0.2, -0.15) is 0 Å². The second kappa shape index (κ2) is 3.90. The van der Waals surface area contributed by atoms with Gasteiger partial charge in [-0.3, -0.25) is 0 Å². The van der Waals surface area contributed by atoms with Crippen molar-refractivity contribution in [1.29, 1.82) is 0 Å². The van der Waals surface area contributed by atoms with Crippen molar-refractivity contribution in [2.45, 2.75) is 20.8 Å². The summed E-state index contributed by atoms with van der Waals surface area (Å²) < 4.78 is 0. The smallest absolute Gasteiger partial charge is 0.00237 e. The van der Waals surface area contributed by atoms with Crippen molar-refractivity contribution in [3.63, 3.8) is 0 Å². The van der Waals surface area contributed by atoms with E-state index in [2.05, 4.69) is 26.1 Å². The van der Waals surface area contributed by atoms with E-state index in [9.17, 15) is 0 Å². The van der Waals surface area contributed by atoms with Crippen molar-refractivity contribution >= 4 is 0 Å². The van der Waals surface area contributed by atoms with Gasteiger partial charge in [-0.15, -0.1) is 0 Å². The van der Waals surface area contributed by atoms with E-state index < -0.39 is 0 Å². The topological polar surface area (TPSA) is 12.0 Å². The first-order valence-electron chi connectivity index (χ1n) is 3.33. The average Bonchev–Trinajstić information content (AvgIpc) is 1.67. The number of rotatable bonds is 3. The lowest BCUT2D eigenvalue weighted by Crippen LogP contribution is -2.20. The van der Waals surface area contributed by atoms with Crippen LogP contribution in [-0.4, -0.2) is 13.6 Å². The van der Waals surface area contributed by atoms with E-state index in [-0.39, 0.29) is 0 Å². The molecule has 0 aliphatic carbocycles. The fourth-order valence-electron chi connectivity index (χ4n) is 0.558. The van der Waals surface area contributed by atoms with Gasteiger partial charge in [0.1, 0.15) is 0 Å². The zero-order valence-electron chi connectivity index (χ0n) is 6.36. The van der Waals surface area contributed by atoms with Crippen LogP contribution in [-0.2, 0) is 0 Å². The van der Waals surface area contributed by atoms with Gasteiger partial charge in [0.05, 0.1) is 0 Å². The van der Waals surface area contributed by atoms with Crippen LogP contribution < -0.4 is 5.32 Å². The predicted octanol–water partition coefficient (Wildman–Crippen LogP) is 1.50. The molecule has 0 unspecified atom stereocenters. The van der Waals surface area contributed by atoms with Crippen molar-refractivity contribution in [2.75, 3.05) is 13.6 Å². The van der Waals surface area contributed by atoms with Crippen LogP contribution in [0.25, 0.3) is 0 Å². The SMILES string of the molecule is CNC[C@H](C)C(C)C. The Bertz CT molecular complexity index is 50.3. The van der Waals surface area contributed by atoms with E-state index in [1.807, 2.05) is 7.05 Å². The minimum atomic E-state index is 0.806. The minimum Gasteiger partial charge on any atom is -0.319 e. The first-order valence-corrected chi connectivity index (χ1v) is 3.33. The molecule has 0 saturated carbocycles. The van der Waals surface area contributed by atoms with Crippen molar-refractivity contribution in [1.82, 2.24) is 5.32 Å². The van der Waals surface area contributed by atoms with Gasteiger partial charge in [0.15, 0.2) is 0 Å². The Morgan fingerprint density at radius 2 is 1.75 bits per heavy atom. The molecule has 1 heteroatoms. The Balaban J connectivity index is 3.17. The molecule has 0 rings (SSSR count). The van der Waals surface area contributed by atoms with Gasteiger partial charge < -0.3 is 5.32 Å². The molecule has 0 spiro atoms. The molecule has 0 aliphatic heterocycles. The van der Waals surface area contributed by atoms with Gasteiger partial charge in [0.25, 0.3) is 0 Å². The molecule has 8 heavy (non-hydrogen) atoms. The van der Waals surface area contributed by atoms with Crippen LogP contribution in [0, 0.1) is 11.8 Å². The van der Waals surface area contributed by atoms with E-state index in [1.54, 1.807) is 0 Å². The largest absolute Gasteiger partial charge is 0.319 e. The molecule has 50 valence electrons. The van der Waals surface area contributed by atoms with Crippen molar-refractivity contribution < 1.29 is 0 Å². The van der Waals surface area contributed by atoms with E-state index in [1.165, 1.54) is 0 Å². The summed E-state index contributed by atoms with van der Waals surface area (Å²) in [6.45, 7) is 7.91. The fourth-order valence-corrected chi connectivity index (χ4v) is 0.558. The molecular weight excluding hydrogens is 98.1 g/mol. The van der Waals surface area contributed by atoms with Crippen LogP contribution >= 0.6 is 0 Å². The molecule has 1 atom stereocenters. The molecule has 1 nitrogen and oxygen atoms in total. The molecule has 0 aromatic carbocycles. The van der Waals surface area contributed by atoms with E-state index in [4.69, 9.17) is 0 Å². The summed E-state index contributed by atoms with van der Waals surface area (Å²) in [6.07, 6.45) is 0. The molecule has 0 aromatic rings. The third-order valence-corrected chi connectivity index (χ3v) is 1.66. The first kappa shape index (κ1) is 7.96. The molecule has 0 fully saturated rings. The van der Waals surface area contributed by atoms with Crippen molar-refractivity contribution in [2.24, 2.45) is 11.8 Å². The monoisotopic (exact) mass is 115 g/mol. The highest BCUT2D eigenvalue weighted by Crippen LogP contribution is 2.06. The molecule has 0 saturated heterocycles. The van der Waals surface area contributed by atoms with E-state index >= 15 is 0 Å². The quantitative estimate of drug-likeness (QED) is 0.587. The zero-order valence-corrected chi connectivity index (χ0v) is 6.36.